The first kappa shape index (κ1) is 21.9. The maximum Gasteiger partial charge on any atom is 0.238 e. The minimum atomic E-state index is -0.344. The summed E-state index contributed by atoms with van der Waals surface area (Å²) in [5, 5.41) is 23.8. The summed E-state index contributed by atoms with van der Waals surface area (Å²) in [6.45, 7) is 6.17. The molecule has 1 unspecified atom stereocenters. The van der Waals surface area contributed by atoms with E-state index in [1.54, 1.807) is 11.3 Å². The predicted octanol–water partition coefficient (Wildman–Crippen LogP) is 5.82. The Labute approximate surface area is 201 Å². The summed E-state index contributed by atoms with van der Waals surface area (Å²) in [7, 11) is 0. The summed E-state index contributed by atoms with van der Waals surface area (Å²) in [5.74, 6) is -0.0949. The molecule has 1 atom stereocenters. The molecule has 0 bridgehead atoms. The smallest absolute Gasteiger partial charge is 0.238 e. The van der Waals surface area contributed by atoms with Crippen molar-refractivity contribution >= 4 is 50.6 Å². The molecule has 0 saturated heterocycles. The van der Waals surface area contributed by atoms with E-state index in [0.717, 1.165) is 58.9 Å². The highest BCUT2D eigenvalue weighted by Crippen LogP contribution is 2.38. The van der Waals surface area contributed by atoms with Gasteiger partial charge in [-0.05, 0) is 68.7 Å². The zero-order valence-electron chi connectivity index (χ0n) is 18.9. The second kappa shape index (κ2) is 8.81. The average molecular weight is 476 g/mol. The molecule has 4 aromatic rings. The fraction of sp³-hybridized carbons (Fsp3) is 0.360. The molecule has 168 valence electrons. The number of fused-ring (bicyclic) bond motifs is 4. The molecular formula is C25H25N5OS2. The van der Waals surface area contributed by atoms with E-state index >= 15 is 0 Å². The van der Waals surface area contributed by atoms with E-state index in [1.807, 2.05) is 13.0 Å². The number of carbonyl (C=O) groups is 1. The highest BCUT2D eigenvalue weighted by atomic mass is 32.2. The molecule has 6 nitrogen and oxygen atoms in total. The molecule has 8 heteroatoms. The first-order valence-corrected chi connectivity index (χ1v) is 13.0. The maximum absolute atomic E-state index is 13.3. The number of amides is 1. The van der Waals surface area contributed by atoms with Crippen LogP contribution in [0.4, 0.5) is 5.00 Å². The Bertz CT molecular complexity index is 1430. The minimum absolute atomic E-state index is 0.0949. The van der Waals surface area contributed by atoms with Crippen molar-refractivity contribution in [3.8, 4) is 6.07 Å². The molecule has 1 N–H and O–H groups in total. The molecular weight excluding hydrogens is 450 g/mol. The Kier molecular flexibility index (Phi) is 5.85. The van der Waals surface area contributed by atoms with Gasteiger partial charge in [0.05, 0.1) is 16.3 Å². The van der Waals surface area contributed by atoms with Crippen LogP contribution >= 0.6 is 23.1 Å². The lowest BCUT2D eigenvalue weighted by Gasteiger charge is -2.15. The number of aryl methyl sites for hydroxylation is 3. The van der Waals surface area contributed by atoms with Gasteiger partial charge < -0.3 is 5.32 Å². The number of nitrogens with one attached hydrogen (secondary N) is 1. The number of hydrogen-bond acceptors (Lipinski definition) is 6. The van der Waals surface area contributed by atoms with Gasteiger partial charge in [-0.15, -0.1) is 21.5 Å². The number of carbonyl (C=O) groups excluding carboxylic acids is 1. The summed E-state index contributed by atoms with van der Waals surface area (Å²) in [6.07, 6.45) is 4.81. The van der Waals surface area contributed by atoms with Crippen LogP contribution in [0.3, 0.4) is 0 Å². The fourth-order valence-electron chi connectivity index (χ4n) is 4.62. The molecule has 1 aliphatic carbocycles. The molecule has 3 aromatic heterocycles. The number of thiophene rings is 1. The zero-order chi connectivity index (χ0) is 23.1. The molecule has 0 aliphatic heterocycles. The number of anilines is 1. The largest absolute Gasteiger partial charge is 0.316 e. The molecule has 0 fully saturated rings. The summed E-state index contributed by atoms with van der Waals surface area (Å²) < 4.78 is 2.06. The quantitative estimate of drug-likeness (QED) is 0.368. The topological polar surface area (TPSA) is 83.1 Å². The minimum Gasteiger partial charge on any atom is -0.316 e. The first-order chi connectivity index (χ1) is 16.0. The van der Waals surface area contributed by atoms with E-state index in [4.69, 9.17) is 0 Å². The highest BCUT2D eigenvalue weighted by Gasteiger charge is 2.26. The summed E-state index contributed by atoms with van der Waals surface area (Å²) in [6, 6.07) is 10.6. The average Bonchev–Trinajstić information content (AvgIpc) is 3.37. The van der Waals surface area contributed by atoms with Crippen LogP contribution in [0.15, 0.2) is 29.4 Å². The lowest BCUT2D eigenvalue weighted by Crippen LogP contribution is -2.24. The Morgan fingerprint density at radius 2 is 2.09 bits per heavy atom. The number of para-hydroxylation sites is 1. The Hall–Kier alpha value is -2.89. The molecule has 0 radical (unpaired) electrons. The van der Waals surface area contributed by atoms with Gasteiger partial charge in [0.1, 0.15) is 11.1 Å². The van der Waals surface area contributed by atoms with E-state index < -0.39 is 0 Å². The van der Waals surface area contributed by atoms with Crippen LogP contribution in [0, 0.1) is 25.2 Å². The molecule has 0 spiro atoms. The van der Waals surface area contributed by atoms with Crippen LogP contribution in [0.1, 0.15) is 53.3 Å². The molecule has 3 heterocycles. The van der Waals surface area contributed by atoms with E-state index in [9.17, 15) is 10.1 Å². The van der Waals surface area contributed by atoms with Crippen LogP contribution in [0.2, 0.25) is 0 Å². The first-order valence-electron chi connectivity index (χ1n) is 11.3. The second-order valence-corrected chi connectivity index (χ2v) is 10.8. The summed E-state index contributed by atoms with van der Waals surface area (Å²) in [5.41, 5.74) is 5.93. The van der Waals surface area contributed by atoms with Crippen molar-refractivity contribution in [3.63, 3.8) is 0 Å². The number of rotatable bonds is 5. The van der Waals surface area contributed by atoms with Gasteiger partial charge in [0.25, 0.3) is 0 Å². The third kappa shape index (κ3) is 3.79. The van der Waals surface area contributed by atoms with Gasteiger partial charge >= 0.3 is 0 Å². The lowest BCUT2D eigenvalue weighted by molar-refractivity contribution is -0.115. The van der Waals surface area contributed by atoms with E-state index in [1.165, 1.54) is 16.6 Å². The van der Waals surface area contributed by atoms with Crippen molar-refractivity contribution in [1.29, 1.82) is 5.26 Å². The van der Waals surface area contributed by atoms with Gasteiger partial charge in [-0.2, -0.15) is 5.26 Å². The van der Waals surface area contributed by atoms with Crippen molar-refractivity contribution in [3.05, 3.63) is 51.4 Å². The number of thioether (sulfide) groups is 1. The van der Waals surface area contributed by atoms with Crippen LogP contribution < -0.4 is 5.32 Å². The van der Waals surface area contributed by atoms with Gasteiger partial charge in [-0.25, -0.2) is 0 Å². The third-order valence-electron chi connectivity index (χ3n) is 6.32. The van der Waals surface area contributed by atoms with Crippen molar-refractivity contribution in [2.75, 3.05) is 5.32 Å². The number of aromatic nitrogens is 3. The highest BCUT2D eigenvalue weighted by molar-refractivity contribution is 8.00. The lowest BCUT2D eigenvalue weighted by atomic mass is 9.96. The third-order valence-corrected chi connectivity index (χ3v) is 8.84. The number of nitrogens with zero attached hydrogens (tertiary/aromatic N) is 4. The standard InChI is InChI=1S/C25H25N5OS2/c1-4-19(23(31)27-24-18(13-26)17-9-5-6-11-20(17)32-24)33-25-29-28-21-12-15(3)16-10-7-8-14(2)22(16)30(21)25/h7-8,10,12,19H,4-6,9,11H2,1-3H3,(H,27,31). The number of hydrogen-bond donors (Lipinski definition) is 1. The van der Waals surface area contributed by atoms with Crippen molar-refractivity contribution in [2.45, 2.75) is 63.3 Å². The SMILES string of the molecule is CCC(Sc1nnc2cc(C)c3cccc(C)c3n12)C(=O)Nc1sc2c(c1C#N)CCCC2. The maximum atomic E-state index is 13.3. The van der Waals surface area contributed by atoms with Gasteiger partial charge in [-0.1, -0.05) is 36.9 Å². The van der Waals surface area contributed by atoms with Crippen molar-refractivity contribution in [1.82, 2.24) is 14.6 Å². The Morgan fingerprint density at radius 3 is 2.88 bits per heavy atom. The molecule has 0 saturated carbocycles. The van der Waals surface area contributed by atoms with Crippen LogP contribution in [0.5, 0.6) is 0 Å². The zero-order valence-corrected chi connectivity index (χ0v) is 20.6. The van der Waals surface area contributed by atoms with Crippen LogP contribution in [-0.2, 0) is 17.6 Å². The second-order valence-electron chi connectivity index (χ2n) is 8.51. The number of nitriles is 1. The van der Waals surface area contributed by atoms with Gasteiger partial charge in [-0.3, -0.25) is 9.20 Å². The van der Waals surface area contributed by atoms with Gasteiger partial charge in [0.15, 0.2) is 10.8 Å². The molecule has 33 heavy (non-hydrogen) atoms. The monoisotopic (exact) mass is 475 g/mol. The Morgan fingerprint density at radius 1 is 1.27 bits per heavy atom. The number of benzene rings is 1. The van der Waals surface area contributed by atoms with Crippen molar-refractivity contribution in [2.24, 2.45) is 0 Å². The Balaban J connectivity index is 1.47. The molecule has 1 aromatic carbocycles. The van der Waals surface area contributed by atoms with E-state index in [2.05, 4.69) is 58.0 Å². The van der Waals surface area contributed by atoms with Crippen molar-refractivity contribution < 1.29 is 4.79 Å². The summed E-state index contributed by atoms with van der Waals surface area (Å²) >= 11 is 2.99. The van der Waals surface area contributed by atoms with Gasteiger partial charge in [0.2, 0.25) is 5.91 Å². The number of pyridine rings is 1. The van der Waals surface area contributed by atoms with Crippen LogP contribution in [-0.4, -0.2) is 25.8 Å². The predicted molar refractivity (Wildman–Crippen MR) is 134 cm³/mol. The van der Waals surface area contributed by atoms with E-state index in [-0.39, 0.29) is 11.2 Å². The summed E-state index contributed by atoms with van der Waals surface area (Å²) in [4.78, 5) is 14.5. The molecule has 1 aliphatic rings. The van der Waals surface area contributed by atoms with Gasteiger partial charge in [0, 0.05) is 10.3 Å². The van der Waals surface area contributed by atoms with Crippen LogP contribution in [0.25, 0.3) is 16.6 Å². The normalized spacial score (nSPS) is 14.2. The molecule has 1 amide bonds. The molecule has 5 rings (SSSR count). The van der Waals surface area contributed by atoms with E-state index in [0.29, 0.717) is 22.1 Å². The fourth-order valence-corrected chi connectivity index (χ4v) is 6.83.